The lowest BCUT2D eigenvalue weighted by atomic mass is 9.94. The maximum Gasteiger partial charge on any atom is 0.218 e. The summed E-state index contributed by atoms with van der Waals surface area (Å²) in [7, 11) is 0. The van der Waals surface area contributed by atoms with Gasteiger partial charge in [-0.05, 0) is 32.2 Å². The van der Waals surface area contributed by atoms with Crippen LogP contribution >= 0.6 is 0 Å². The zero-order valence-corrected chi connectivity index (χ0v) is 10.8. The second kappa shape index (κ2) is 5.10. The molecule has 0 saturated carbocycles. The highest BCUT2D eigenvalue weighted by Gasteiger charge is 2.34. The molecule has 2 saturated heterocycles. The van der Waals surface area contributed by atoms with Crippen molar-refractivity contribution in [2.45, 2.75) is 25.8 Å². The number of hydrogen-bond acceptors (Lipinski definition) is 5. The number of nitrogens with one attached hydrogen (secondary N) is 1. The van der Waals surface area contributed by atoms with Crippen LogP contribution in [0.4, 0.5) is 5.82 Å². The lowest BCUT2D eigenvalue weighted by Crippen LogP contribution is -2.40. The molecule has 3 heterocycles. The average molecular weight is 248 g/mol. The molecule has 0 spiro atoms. The summed E-state index contributed by atoms with van der Waals surface area (Å²) in [6.07, 6.45) is 4.22. The van der Waals surface area contributed by atoms with Crippen LogP contribution in [0.25, 0.3) is 0 Å². The van der Waals surface area contributed by atoms with Crippen molar-refractivity contribution in [3.05, 3.63) is 12.4 Å². The van der Waals surface area contributed by atoms with Gasteiger partial charge < -0.3 is 15.0 Å². The molecule has 2 aliphatic rings. The van der Waals surface area contributed by atoms with Crippen LogP contribution in [0.15, 0.2) is 12.4 Å². The first-order valence-corrected chi connectivity index (χ1v) is 6.80. The van der Waals surface area contributed by atoms with Gasteiger partial charge in [0.1, 0.15) is 12.1 Å². The quantitative estimate of drug-likeness (QED) is 0.867. The summed E-state index contributed by atoms with van der Waals surface area (Å²) in [4.78, 5) is 10.8. The molecule has 1 aromatic rings. The highest BCUT2D eigenvalue weighted by atomic mass is 16.5. The smallest absolute Gasteiger partial charge is 0.218 e. The largest absolute Gasteiger partial charge is 0.478 e. The molecule has 3 rings (SSSR count). The minimum Gasteiger partial charge on any atom is -0.478 e. The van der Waals surface area contributed by atoms with Crippen LogP contribution < -0.4 is 15.0 Å². The number of hydrogen-bond donors (Lipinski definition) is 1. The molecule has 2 unspecified atom stereocenters. The molecular formula is C13H20N4O. The monoisotopic (exact) mass is 248 g/mol. The van der Waals surface area contributed by atoms with Crippen LogP contribution in [0.2, 0.25) is 0 Å². The fourth-order valence-electron chi connectivity index (χ4n) is 2.96. The topological polar surface area (TPSA) is 50.3 Å². The molecule has 5 nitrogen and oxygen atoms in total. The normalized spacial score (nSPS) is 27.1. The Kier molecular flexibility index (Phi) is 3.32. The molecule has 0 aromatic carbocycles. The van der Waals surface area contributed by atoms with E-state index in [2.05, 4.69) is 20.2 Å². The summed E-state index contributed by atoms with van der Waals surface area (Å²) in [5.74, 6) is 2.43. The fourth-order valence-corrected chi connectivity index (χ4v) is 2.96. The van der Waals surface area contributed by atoms with Gasteiger partial charge in [-0.1, -0.05) is 0 Å². The van der Waals surface area contributed by atoms with Crippen LogP contribution in [-0.2, 0) is 0 Å². The molecule has 18 heavy (non-hydrogen) atoms. The Morgan fingerprint density at radius 2 is 2.39 bits per heavy atom. The summed E-state index contributed by atoms with van der Waals surface area (Å²) in [6, 6.07) is 2.57. The summed E-state index contributed by atoms with van der Waals surface area (Å²) in [6.45, 7) is 5.91. The standard InChI is InChI=1S/C13H20N4O/c1-2-18-13-6-12(15-9-16-13)17-7-10-4-3-5-14-11(10)8-17/h6,9-11,14H,2-5,7-8H2,1H3. The Labute approximate surface area is 108 Å². The molecule has 5 heteroatoms. The van der Waals surface area contributed by atoms with Gasteiger partial charge in [-0.15, -0.1) is 0 Å². The van der Waals surface area contributed by atoms with E-state index in [1.54, 1.807) is 6.33 Å². The van der Waals surface area contributed by atoms with Crippen molar-refractivity contribution in [2.24, 2.45) is 5.92 Å². The van der Waals surface area contributed by atoms with Crippen molar-refractivity contribution < 1.29 is 4.74 Å². The van der Waals surface area contributed by atoms with E-state index in [0.717, 1.165) is 31.4 Å². The first kappa shape index (κ1) is 11.7. The highest BCUT2D eigenvalue weighted by molar-refractivity contribution is 5.42. The lowest BCUT2D eigenvalue weighted by Gasteiger charge is -2.24. The van der Waals surface area contributed by atoms with E-state index in [9.17, 15) is 0 Å². The minimum atomic E-state index is 0.629. The lowest BCUT2D eigenvalue weighted by molar-refractivity contribution is 0.326. The first-order valence-electron chi connectivity index (χ1n) is 6.80. The van der Waals surface area contributed by atoms with Gasteiger partial charge in [0, 0.05) is 25.2 Å². The molecule has 1 aromatic heterocycles. The molecule has 0 radical (unpaired) electrons. The second-order valence-electron chi connectivity index (χ2n) is 5.02. The summed E-state index contributed by atoms with van der Waals surface area (Å²) in [5.41, 5.74) is 0. The van der Waals surface area contributed by atoms with Gasteiger partial charge in [0.15, 0.2) is 0 Å². The van der Waals surface area contributed by atoms with Crippen LogP contribution in [0, 0.1) is 5.92 Å². The predicted octanol–water partition coefficient (Wildman–Crippen LogP) is 1.06. The minimum absolute atomic E-state index is 0.629. The van der Waals surface area contributed by atoms with E-state index >= 15 is 0 Å². The average Bonchev–Trinajstić information content (AvgIpc) is 2.83. The molecule has 2 fully saturated rings. The maximum atomic E-state index is 5.43. The van der Waals surface area contributed by atoms with Crippen LogP contribution in [0.3, 0.4) is 0 Å². The number of piperidine rings is 1. The van der Waals surface area contributed by atoms with E-state index < -0.39 is 0 Å². The Morgan fingerprint density at radius 1 is 1.44 bits per heavy atom. The number of rotatable bonds is 3. The van der Waals surface area contributed by atoms with Crippen molar-refractivity contribution in [3.8, 4) is 5.88 Å². The van der Waals surface area contributed by atoms with Crippen LogP contribution in [0.5, 0.6) is 5.88 Å². The number of fused-ring (bicyclic) bond motifs is 1. The van der Waals surface area contributed by atoms with E-state index in [-0.39, 0.29) is 0 Å². The molecule has 1 N–H and O–H groups in total. The number of ether oxygens (including phenoxy) is 1. The first-order chi connectivity index (χ1) is 8.86. The fraction of sp³-hybridized carbons (Fsp3) is 0.692. The number of nitrogens with zero attached hydrogens (tertiary/aromatic N) is 3. The maximum absolute atomic E-state index is 5.43. The van der Waals surface area contributed by atoms with E-state index in [1.165, 1.54) is 12.8 Å². The van der Waals surface area contributed by atoms with Gasteiger partial charge in [-0.2, -0.15) is 0 Å². The second-order valence-corrected chi connectivity index (χ2v) is 5.02. The molecule has 98 valence electrons. The van der Waals surface area contributed by atoms with Gasteiger partial charge in [0.05, 0.1) is 6.61 Å². The number of anilines is 1. The molecule has 0 amide bonds. The third kappa shape index (κ3) is 2.27. The third-order valence-electron chi connectivity index (χ3n) is 3.84. The van der Waals surface area contributed by atoms with E-state index in [1.807, 2.05) is 13.0 Å². The molecule has 2 aliphatic heterocycles. The van der Waals surface area contributed by atoms with E-state index in [4.69, 9.17) is 4.74 Å². The molecule has 0 bridgehead atoms. The van der Waals surface area contributed by atoms with Crippen molar-refractivity contribution >= 4 is 5.82 Å². The Hall–Kier alpha value is -1.36. The summed E-state index contributed by atoms with van der Waals surface area (Å²) >= 11 is 0. The third-order valence-corrected chi connectivity index (χ3v) is 3.84. The molecular weight excluding hydrogens is 228 g/mol. The molecule has 2 atom stereocenters. The number of aromatic nitrogens is 2. The zero-order valence-electron chi connectivity index (χ0n) is 10.8. The van der Waals surface area contributed by atoms with Gasteiger partial charge in [-0.25, -0.2) is 9.97 Å². The van der Waals surface area contributed by atoms with Crippen molar-refractivity contribution in [2.75, 3.05) is 31.1 Å². The predicted molar refractivity (Wildman–Crippen MR) is 69.9 cm³/mol. The van der Waals surface area contributed by atoms with Crippen molar-refractivity contribution in [1.82, 2.24) is 15.3 Å². The van der Waals surface area contributed by atoms with Gasteiger partial charge in [-0.3, -0.25) is 0 Å². The summed E-state index contributed by atoms with van der Waals surface area (Å²) in [5, 5.41) is 3.60. The Morgan fingerprint density at radius 3 is 3.22 bits per heavy atom. The summed E-state index contributed by atoms with van der Waals surface area (Å²) < 4.78 is 5.43. The Bertz CT molecular complexity index is 398. The van der Waals surface area contributed by atoms with Crippen LogP contribution in [0.1, 0.15) is 19.8 Å². The Balaban J connectivity index is 1.73. The van der Waals surface area contributed by atoms with Gasteiger partial charge in [0.25, 0.3) is 0 Å². The van der Waals surface area contributed by atoms with Crippen molar-refractivity contribution in [1.29, 1.82) is 0 Å². The van der Waals surface area contributed by atoms with Gasteiger partial charge in [0.2, 0.25) is 5.88 Å². The van der Waals surface area contributed by atoms with E-state index in [0.29, 0.717) is 18.5 Å². The zero-order chi connectivity index (χ0) is 12.4. The highest BCUT2D eigenvalue weighted by Crippen LogP contribution is 2.28. The van der Waals surface area contributed by atoms with Crippen LogP contribution in [-0.4, -0.2) is 42.3 Å². The van der Waals surface area contributed by atoms with Crippen molar-refractivity contribution in [3.63, 3.8) is 0 Å². The molecule has 0 aliphatic carbocycles. The van der Waals surface area contributed by atoms with Gasteiger partial charge >= 0.3 is 0 Å². The SMILES string of the molecule is CCOc1cc(N2CC3CCCNC3C2)ncn1.